The molecule has 100 valence electrons. The highest BCUT2D eigenvalue weighted by Crippen LogP contribution is 2.17. The fourth-order valence-electron chi connectivity index (χ4n) is 1.63. The van der Waals surface area contributed by atoms with Crippen LogP contribution in [0.3, 0.4) is 0 Å². The fourth-order valence-corrected chi connectivity index (χ4v) is 2.92. The molecule has 0 aliphatic rings. The summed E-state index contributed by atoms with van der Waals surface area (Å²) in [6, 6.07) is 5.65. The van der Waals surface area contributed by atoms with Crippen LogP contribution in [0.25, 0.3) is 0 Å². The maximum Gasteiger partial charge on any atom is 0.251 e. The Bertz CT molecular complexity index is 418. The molecule has 1 amide bonds. The average Bonchev–Trinajstić information content (AvgIpc) is 2.28. The topological polar surface area (TPSA) is 29.1 Å². The second kappa shape index (κ2) is 7.29. The number of alkyl halides is 1. The summed E-state index contributed by atoms with van der Waals surface area (Å²) in [6.45, 7) is 7.01. The monoisotopic (exact) mass is 375 g/mol. The molecule has 0 fully saturated rings. The molecule has 0 aliphatic heterocycles. The minimum atomic E-state index is -0.0242. The third kappa shape index (κ3) is 5.11. The number of carbonyl (C=O) groups excluding carboxylic acids is 1. The smallest absolute Gasteiger partial charge is 0.251 e. The first-order valence-corrected chi connectivity index (χ1v) is 7.79. The van der Waals surface area contributed by atoms with Gasteiger partial charge in [0.05, 0.1) is 0 Å². The van der Waals surface area contributed by atoms with Crippen molar-refractivity contribution in [3.63, 3.8) is 0 Å². The molecule has 1 aromatic rings. The Morgan fingerprint density at radius 3 is 2.61 bits per heavy atom. The van der Waals surface area contributed by atoms with E-state index >= 15 is 0 Å². The number of halogens is 2. The second-order valence-electron chi connectivity index (χ2n) is 4.90. The maximum absolute atomic E-state index is 11.9. The van der Waals surface area contributed by atoms with Crippen molar-refractivity contribution in [2.45, 2.75) is 32.0 Å². The summed E-state index contributed by atoms with van der Waals surface area (Å²) < 4.78 is 0.965. The minimum absolute atomic E-state index is 0.0242. The molecule has 0 aromatic heterocycles. The summed E-state index contributed by atoms with van der Waals surface area (Å²) in [6.07, 6.45) is 1.05. The van der Waals surface area contributed by atoms with Gasteiger partial charge in [-0.1, -0.05) is 51.8 Å². The molecule has 1 aromatic carbocycles. The fraction of sp³-hybridized carbons (Fsp3) is 0.500. The van der Waals surface area contributed by atoms with Crippen molar-refractivity contribution in [3.8, 4) is 0 Å². The molecule has 1 atom stereocenters. The third-order valence-corrected chi connectivity index (χ3v) is 4.20. The van der Waals surface area contributed by atoms with Crippen molar-refractivity contribution in [2.24, 2.45) is 5.92 Å². The Kier molecular flexibility index (Phi) is 6.36. The number of carbonyl (C=O) groups is 1. The van der Waals surface area contributed by atoms with E-state index in [0.29, 0.717) is 22.9 Å². The van der Waals surface area contributed by atoms with Crippen LogP contribution in [0, 0.1) is 12.8 Å². The van der Waals surface area contributed by atoms with E-state index < -0.39 is 0 Å². The van der Waals surface area contributed by atoms with Gasteiger partial charge in [0, 0.05) is 21.4 Å². The summed E-state index contributed by atoms with van der Waals surface area (Å²) in [4.78, 5) is 12.3. The highest BCUT2D eigenvalue weighted by molar-refractivity contribution is 9.10. The molecule has 0 heterocycles. The Balaban J connectivity index is 2.52. The maximum atomic E-state index is 11.9. The molecule has 0 radical (unpaired) electrons. The van der Waals surface area contributed by atoms with Gasteiger partial charge in [-0.2, -0.15) is 0 Å². The number of rotatable bonds is 5. The van der Waals surface area contributed by atoms with Crippen LogP contribution >= 0.6 is 31.9 Å². The van der Waals surface area contributed by atoms with Crippen LogP contribution in [0.15, 0.2) is 22.7 Å². The normalized spacial score (nSPS) is 12.6. The van der Waals surface area contributed by atoms with Crippen molar-refractivity contribution in [2.75, 3.05) is 6.54 Å². The lowest BCUT2D eigenvalue weighted by molar-refractivity contribution is 0.0953. The first-order valence-electron chi connectivity index (χ1n) is 6.08. The van der Waals surface area contributed by atoms with Gasteiger partial charge in [0.2, 0.25) is 0 Å². The molecule has 0 saturated carbocycles. The van der Waals surface area contributed by atoms with Crippen molar-refractivity contribution >= 4 is 37.8 Å². The summed E-state index contributed by atoms with van der Waals surface area (Å²) in [5, 5.41) is 2.94. The lowest BCUT2D eigenvalue weighted by Crippen LogP contribution is -2.30. The SMILES string of the molecule is Cc1ccc(C(=O)NCC(Br)CC(C)C)cc1Br. The van der Waals surface area contributed by atoms with Crippen molar-refractivity contribution < 1.29 is 4.79 Å². The van der Waals surface area contributed by atoms with Gasteiger partial charge in [0.15, 0.2) is 0 Å². The van der Waals surface area contributed by atoms with Crippen molar-refractivity contribution in [1.29, 1.82) is 0 Å². The van der Waals surface area contributed by atoms with Gasteiger partial charge >= 0.3 is 0 Å². The van der Waals surface area contributed by atoms with E-state index in [9.17, 15) is 4.79 Å². The van der Waals surface area contributed by atoms with Gasteiger partial charge in [0.25, 0.3) is 5.91 Å². The molecule has 18 heavy (non-hydrogen) atoms. The van der Waals surface area contributed by atoms with Gasteiger partial charge in [-0.25, -0.2) is 0 Å². The number of hydrogen-bond acceptors (Lipinski definition) is 1. The zero-order valence-corrected chi connectivity index (χ0v) is 14.1. The quantitative estimate of drug-likeness (QED) is 0.762. The molecular weight excluding hydrogens is 358 g/mol. The predicted molar refractivity (Wildman–Crippen MR) is 83.4 cm³/mol. The Morgan fingerprint density at radius 1 is 1.39 bits per heavy atom. The lowest BCUT2D eigenvalue weighted by Gasteiger charge is -2.13. The number of hydrogen-bond donors (Lipinski definition) is 1. The van der Waals surface area contributed by atoms with E-state index in [0.717, 1.165) is 16.5 Å². The molecule has 4 heteroatoms. The van der Waals surface area contributed by atoms with E-state index in [1.807, 2.05) is 25.1 Å². The molecule has 2 nitrogen and oxygen atoms in total. The minimum Gasteiger partial charge on any atom is -0.351 e. The highest BCUT2D eigenvalue weighted by atomic mass is 79.9. The number of aryl methyl sites for hydroxylation is 1. The van der Waals surface area contributed by atoms with Gasteiger partial charge < -0.3 is 5.32 Å². The van der Waals surface area contributed by atoms with Crippen LogP contribution in [-0.4, -0.2) is 17.3 Å². The Labute approximate surface area is 126 Å². The van der Waals surface area contributed by atoms with Crippen molar-refractivity contribution in [3.05, 3.63) is 33.8 Å². The summed E-state index contributed by atoms with van der Waals surface area (Å²) in [5.74, 6) is 0.601. The third-order valence-electron chi connectivity index (χ3n) is 2.65. The van der Waals surface area contributed by atoms with Crippen LogP contribution in [0.1, 0.15) is 36.2 Å². The molecule has 0 spiro atoms. The van der Waals surface area contributed by atoms with Gasteiger partial charge in [-0.3, -0.25) is 4.79 Å². The Hall–Kier alpha value is -0.350. The molecule has 1 rings (SSSR count). The van der Waals surface area contributed by atoms with Crippen LogP contribution in [0.5, 0.6) is 0 Å². The first-order chi connectivity index (χ1) is 8.40. The van der Waals surface area contributed by atoms with E-state index in [1.54, 1.807) is 0 Å². The van der Waals surface area contributed by atoms with Gasteiger partial charge in [0.1, 0.15) is 0 Å². The van der Waals surface area contributed by atoms with Crippen LogP contribution in [0.4, 0.5) is 0 Å². The van der Waals surface area contributed by atoms with Crippen molar-refractivity contribution in [1.82, 2.24) is 5.32 Å². The van der Waals surface area contributed by atoms with Gasteiger partial charge in [-0.15, -0.1) is 0 Å². The van der Waals surface area contributed by atoms with E-state index in [-0.39, 0.29) is 5.91 Å². The first kappa shape index (κ1) is 15.7. The zero-order valence-electron chi connectivity index (χ0n) is 11.0. The lowest BCUT2D eigenvalue weighted by atomic mass is 10.1. The van der Waals surface area contributed by atoms with Crippen LogP contribution in [-0.2, 0) is 0 Å². The average molecular weight is 377 g/mol. The number of nitrogens with one attached hydrogen (secondary N) is 1. The molecule has 1 N–H and O–H groups in total. The molecular formula is C14H19Br2NO. The summed E-state index contributed by atoms with van der Waals surface area (Å²) in [7, 11) is 0. The van der Waals surface area contributed by atoms with Crippen LogP contribution < -0.4 is 5.32 Å². The highest BCUT2D eigenvalue weighted by Gasteiger charge is 2.11. The zero-order chi connectivity index (χ0) is 13.7. The van der Waals surface area contributed by atoms with Gasteiger partial charge in [-0.05, 0) is 37.0 Å². The van der Waals surface area contributed by atoms with E-state index in [2.05, 4.69) is 51.0 Å². The number of amides is 1. The standard InChI is InChI=1S/C14H19Br2NO/c1-9(2)6-12(15)8-17-14(18)11-5-4-10(3)13(16)7-11/h4-5,7,9,12H,6,8H2,1-3H3,(H,17,18). The van der Waals surface area contributed by atoms with E-state index in [1.165, 1.54) is 0 Å². The molecule has 0 aliphatic carbocycles. The number of benzene rings is 1. The Morgan fingerprint density at radius 2 is 2.06 bits per heavy atom. The summed E-state index contributed by atoms with van der Waals surface area (Å²) >= 11 is 7.02. The largest absolute Gasteiger partial charge is 0.351 e. The molecule has 1 unspecified atom stereocenters. The van der Waals surface area contributed by atoms with Crippen LogP contribution in [0.2, 0.25) is 0 Å². The summed E-state index contributed by atoms with van der Waals surface area (Å²) in [5.41, 5.74) is 1.82. The molecule has 0 saturated heterocycles. The van der Waals surface area contributed by atoms with E-state index in [4.69, 9.17) is 0 Å². The molecule has 0 bridgehead atoms. The second-order valence-corrected chi connectivity index (χ2v) is 7.05. The predicted octanol–water partition coefficient (Wildman–Crippen LogP) is 4.30.